The summed E-state index contributed by atoms with van der Waals surface area (Å²) in [5.41, 5.74) is 2.06. The van der Waals surface area contributed by atoms with Crippen molar-refractivity contribution >= 4 is 38.6 Å². The lowest BCUT2D eigenvalue weighted by molar-refractivity contribution is 1.28. The molecule has 0 saturated heterocycles. The average molecular weight is 737 g/mol. The predicted octanol–water partition coefficient (Wildman–Crippen LogP) is 15.8. The van der Waals surface area contributed by atoms with E-state index in [9.17, 15) is 15.1 Å². The third-order valence-electron chi connectivity index (χ3n) is 10.1. The Labute approximate surface area is 349 Å². The van der Waals surface area contributed by atoms with Gasteiger partial charge in [0.15, 0.2) is 0 Å². The minimum absolute atomic E-state index is 0.00933. The quantitative estimate of drug-likeness (QED) is 0.150. The first-order chi connectivity index (χ1) is 32.9. The van der Waals surface area contributed by atoms with Crippen LogP contribution in [-0.4, -0.2) is 0 Å². The Morgan fingerprint density at radius 3 is 1.49 bits per heavy atom. The van der Waals surface area contributed by atoms with Gasteiger partial charge in [-0.05, 0) is 114 Å². The highest BCUT2D eigenvalue weighted by atomic mass is 15.1. The van der Waals surface area contributed by atoms with E-state index in [1.54, 1.807) is 72.8 Å². The van der Waals surface area contributed by atoms with Gasteiger partial charge in [-0.2, -0.15) is 0 Å². The number of hydrogen-bond acceptors (Lipinski definition) is 1. The number of hydrogen-bond donors (Lipinski definition) is 0. The van der Waals surface area contributed by atoms with E-state index in [0.29, 0.717) is 33.2 Å². The summed E-state index contributed by atoms with van der Waals surface area (Å²) >= 11 is 0. The van der Waals surface area contributed by atoms with Crippen LogP contribution in [0.5, 0.6) is 0 Å². The second kappa shape index (κ2) is 15.0. The molecule has 0 aliphatic rings. The molecular formula is C56H39N. The fourth-order valence-corrected chi connectivity index (χ4v) is 7.31. The van der Waals surface area contributed by atoms with E-state index in [4.69, 9.17) is 0 Å². The fraction of sp³-hybridized carbons (Fsp3) is 0. The Hall–Kier alpha value is -7.48. The molecule has 0 aliphatic heterocycles. The summed E-state index contributed by atoms with van der Waals surface area (Å²) in [6, 6.07) is 45.7. The van der Waals surface area contributed by atoms with Crippen LogP contribution >= 0.6 is 0 Å². The molecule has 0 amide bonds. The third kappa shape index (κ3) is 6.66. The van der Waals surface area contributed by atoms with Crippen molar-refractivity contribution < 1.29 is 15.1 Å². The topological polar surface area (TPSA) is 3.24 Å². The summed E-state index contributed by atoms with van der Waals surface area (Å²) in [5.74, 6) is 0. The van der Waals surface area contributed by atoms with Gasteiger partial charge in [-0.25, -0.2) is 0 Å². The van der Waals surface area contributed by atoms with Crippen LogP contribution in [-0.2, 0) is 0 Å². The normalized spacial score (nSPS) is 13.9. The third-order valence-corrected chi connectivity index (χ3v) is 10.1. The molecule has 0 atom stereocenters. The summed E-state index contributed by atoms with van der Waals surface area (Å²) in [6.45, 7) is 0. The first kappa shape index (κ1) is 24.1. The largest absolute Gasteiger partial charge is 0.310 e. The first-order valence-electron chi connectivity index (χ1n) is 24.2. The van der Waals surface area contributed by atoms with Crippen LogP contribution in [0.15, 0.2) is 236 Å². The van der Waals surface area contributed by atoms with E-state index in [1.165, 1.54) is 0 Å². The van der Waals surface area contributed by atoms with Gasteiger partial charge in [0.1, 0.15) is 0 Å². The number of anilines is 3. The van der Waals surface area contributed by atoms with Crippen LogP contribution in [0.3, 0.4) is 0 Å². The van der Waals surface area contributed by atoms with Gasteiger partial charge in [0.05, 0.1) is 20.8 Å². The van der Waals surface area contributed by atoms with Crippen LogP contribution < -0.4 is 4.90 Å². The van der Waals surface area contributed by atoms with Gasteiger partial charge in [-0.15, -0.1) is 0 Å². The zero-order valence-corrected chi connectivity index (χ0v) is 30.6. The summed E-state index contributed by atoms with van der Waals surface area (Å²) in [4.78, 5) is 1.06. The van der Waals surface area contributed by atoms with Gasteiger partial charge in [-0.3, -0.25) is 0 Å². The minimum Gasteiger partial charge on any atom is -0.310 e. The fourth-order valence-electron chi connectivity index (χ4n) is 7.31. The molecule has 0 saturated carbocycles. The number of nitrogens with zero attached hydrogens (tertiary/aromatic N) is 1. The van der Waals surface area contributed by atoms with Crippen LogP contribution in [0.2, 0.25) is 0 Å². The lowest BCUT2D eigenvalue weighted by atomic mass is 9.89. The highest BCUT2D eigenvalue weighted by Gasteiger charge is 2.20. The molecule has 268 valence electrons. The van der Waals surface area contributed by atoms with Crippen molar-refractivity contribution in [2.45, 2.75) is 0 Å². The predicted molar refractivity (Wildman–Crippen MR) is 243 cm³/mol. The van der Waals surface area contributed by atoms with Crippen molar-refractivity contribution in [1.82, 2.24) is 0 Å². The summed E-state index contributed by atoms with van der Waals surface area (Å²) in [5, 5.41) is 3.20. The zero-order chi connectivity index (χ0) is 47.5. The van der Waals surface area contributed by atoms with Gasteiger partial charge >= 0.3 is 0 Å². The van der Waals surface area contributed by atoms with Crippen molar-refractivity contribution in [1.29, 1.82) is 0 Å². The standard InChI is InChI=1S/C56H39N/c1-4-14-40(15-5-1)49-31-37-55(54(39-49)44-19-8-3-9-20-44)57(50-32-26-42(27-33-50)48-25-24-41-16-10-11-22-47(41)38-48)51-34-28-46(29-35-51)56-52-23-13-12-21-45(52)30-36-53(56)43-17-6-2-7-18-43/h1-39H/i26D,27D,28D,29D,31D,32D,33D,34D,35D,37D,39D. The smallest absolute Gasteiger partial charge is 0.0645 e. The van der Waals surface area contributed by atoms with Crippen molar-refractivity contribution in [2.75, 3.05) is 4.90 Å². The van der Waals surface area contributed by atoms with Crippen LogP contribution in [0.25, 0.3) is 77.2 Å². The maximum absolute atomic E-state index is 9.96. The second-order valence-electron chi connectivity index (χ2n) is 13.6. The van der Waals surface area contributed by atoms with Crippen molar-refractivity contribution in [3.8, 4) is 55.6 Å². The molecule has 0 bridgehead atoms. The molecule has 0 heterocycles. The lowest BCUT2D eigenvalue weighted by Gasteiger charge is -2.29. The maximum Gasteiger partial charge on any atom is 0.0645 e. The summed E-state index contributed by atoms with van der Waals surface area (Å²) < 4.78 is 108. The van der Waals surface area contributed by atoms with Crippen LogP contribution in [0, 0.1) is 0 Å². The highest BCUT2D eigenvalue weighted by molar-refractivity contribution is 6.04. The number of rotatable bonds is 8. The molecule has 0 N–H and O–H groups in total. The molecule has 57 heavy (non-hydrogen) atoms. The molecule has 10 rings (SSSR count). The van der Waals surface area contributed by atoms with Crippen molar-refractivity contribution in [3.63, 3.8) is 0 Å². The van der Waals surface area contributed by atoms with Gasteiger partial charge in [-0.1, -0.05) is 194 Å². The Bertz CT molecular complexity index is 3580. The average Bonchev–Trinajstić information content (AvgIpc) is 3.37. The molecule has 1 heteroatoms. The molecular weight excluding hydrogens is 687 g/mol. The van der Waals surface area contributed by atoms with Gasteiger partial charge in [0.2, 0.25) is 0 Å². The first-order valence-corrected chi connectivity index (χ1v) is 18.7. The van der Waals surface area contributed by atoms with Crippen molar-refractivity contribution in [2.24, 2.45) is 0 Å². The van der Waals surface area contributed by atoms with E-state index >= 15 is 0 Å². The van der Waals surface area contributed by atoms with E-state index in [-0.39, 0.29) is 34.0 Å². The Balaban J connectivity index is 1.34. The van der Waals surface area contributed by atoms with Crippen LogP contribution in [0.1, 0.15) is 15.1 Å². The maximum atomic E-state index is 9.96. The molecule has 0 radical (unpaired) electrons. The van der Waals surface area contributed by atoms with Gasteiger partial charge in [0.25, 0.3) is 0 Å². The Kier molecular flexibility index (Phi) is 6.34. The SMILES string of the molecule is [2H]c1c([2H])c(N(c2c([2H])c([2H])c(-c3c(-c4ccccc4)ccc4ccccc34)c([2H])c2[2H])c2c([2H])c([2H])c(-c3ccccc3)c([2H])c2-c2ccccc2)c([2H])c([2H])c1-c1ccc2ccccc2c1. The van der Waals surface area contributed by atoms with E-state index in [0.717, 1.165) is 26.6 Å². The van der Waals surface area contributed by atoms with Crippen molar-refractivity contribution in [3.05, 3.63) is 236 Å². The number of benzene rings is 10. The van der Waals surface area contributed by atoms with Crippen LogP contribution in [0.4, 0.5) is 17.1 Å². The Morgan fingerprint density at radius 1 is 0.316 bits per heavy atom. The zero-order valence-electron chi connectivity index (χ0n) is 41.6. The molecule has 0 fully saturated rings. The monoisotopic (exact) mass is 736 g/mol. The van der Waals surface area contributed by atoms with E-state index in [1.807, 2.05) is 97.1 Å². The number of fused-ring (bicyclic) bond motifs is 2. The minimum atomic E-state index is -0.605. The molecule has 0 unspecified atom stereocenters. The molecule has 1 nitrogen and oxygen atoms in total. The molecule has 10 aromatic rings. The van der Waals surface area contributed by atoms with Gasteiger partial charge in [0, 0.05) is 16.9 Å². The van der Waals surface area contributed by atoms with E-state index in [2.05, 4.69) is 0 Å². The molecule has 10 aromatic carbocycles. The Morgan fingerprint density at radius 2 is 0.825 bits per heavy atom. The van der Waals surface area contributed by atoms with E-state index < -0.39 is 71.8 Å². The summed E-state index contributed by atoms with van der Waals surface area (Å²) in [6.07, 6.45) is 0. The summed E-state index contributed by atoms with van der Waals surface area (Å²) in [7, 11) is 0. The second-order valence-corrected chi connectivity index (χ2v) is 13.6. The molecule has 0 aromatic heterocycles. The lowest BCUT2D eigenvalue weighted by Crippen LogP contribution is -2.11. The highest BCUT2D eigenvalue weighted by Crippen LogP contribution is 2.45. The molecule has 0 spiro atoms. The molecule has 0 aliphatic carbocycles. The van der Waals surface area contributed by atoms with Gasteiger partial charge < -0.3 is 4.90 Å².